The van der Waals surface area contributed by atoms with Crippen LogP contribution in [0.1, 0.15) is 49.9 Å². The fourth-order valence-corrected chi connectivity index (χ4v) is 2.47. The lowest BCUT2D eigenvalue weighted by atomic mass is 9.79. The van der Waals surface area contributed by atoms with Crippen molar-refractivity contribution in [3.05, 3.63) is 65.5 Å². The van der Waals surface area contributed by atoms with Gasteiger partial charge in [-0.15, -0.1) is 0 Å². The molecule has 0 N–H and O–H groups in total. The van der Waals surface area contributed by atoms with E-state index in [4.69, 9.17) is 0 Å². The summed E-state index contributed by atoms with van der Waals surface area (Å²) < 4.78 is 0. The largest absolute Gasteiger partial charge is 0.261 e. The highest BCUT2D eigenvalue weighted by Crippen LogP contribution is 2.35. The maximum absolute atomic E-state index is 4.57. The van der Waals surface area contributed by atoms with Crippen LogP contribution in [0.15, 0.2) is 48.7 Å². The standard InChI is InChI=1S/C18H23N/c1-14-8-7-9-15(12-14)16(13-18(2,3)4)17-10-5-6-11-19-17/h5-12,16H,13H2,1-4H3/t16-/m1/s1. The smallest absolute Gasteiger partial charge is 0.0478 e. The summed E-state index contributed by atoms with van der Waals surface area (Å²) in [4.78, 5) is 4.57. The number of rotatable bonds is 3. The molecule has 2 rings (SSSR count). The zero-order valence-corrected chi connectivity index (χ0v) is 12.4. The van der Waals surface area contributed by atoms with E-state index in [2.05, 4.69) is 69.1 Å². The lowest BCUT2D eigenvalue weighted by molar-refractivity contribution is 0.355. The topological polar surface area (TPSA) is 12.9 Å². The molecule has 0 bridgehead atoms. The normalized spacial score (nSPS) is 13.3. The first-order valence-electron chi connectivity index (χ1n) is 6.93. The highest BCUT2D eigenvalue weighted by molar-refractivity contribution is 5.31. The van der Waals surface area contributed by atoms with E-state index in [0.717, 1.165) is 6.42 Å². The molecule has 0 aliphatic rings. The van der Waals surface area contributed by atoms with Crippen LogP contribution in [0.25, 0.3) is 0 Å². The third-order valence-electron chi connectivity index (χ3n) is 3.31. The summed E-state index contributed by atoms with van der Waals surface area (Å²) in [7, 11) is 0. The number of hydrogen-bond donors (Lipinski definition) is 0. The molecule has 0 unspecified atom stereocenters. The first kappa shape index (κ1) is 13.8. The van der Waals surface area contributed by atoms with Crippen molar-refractivity contribution in [2.45, 2.75) is 40.0 Å². The molecule has 0 aliphatic heterocycles. The minimum absolute atomic E-state index is 0.284. The average molecular weight is 253 g/mol. The maximum Gasteiger partial charge on any atom is 0.0478 e. The Hall–Kier alpha value is -1.63. The summed E-state index contributed by atoms with van der Waals surface area (Å²) in [6, 6.07) is 15.0. The van der Waals surface area contributed by atoms with Gasteiger partial charge in [-0.3, -0.25) is 4.98 Å². The van der Waals surface area contributed by atoms with Gasteiger partial charge in [-0.2, -0.15) is 0 Å². The van der Waals surface area contributed by atoms with E-state index in [-0.39, 0.29) is 5.41 Å². The van der Waals surface area contributed by atoms with Gasteiger partial charge in [0.15, 0.2) is 0 Å². The predicted octanol–water partition coefficient (Wildman–Crippen LogP) is 4.96. The van der Waals surface area contributed by atoms with E-state index in [9.17, 15) is 0 Å². The van der Waals surface area contributed by atoms with Crippen molar-refractivity contribution in [3.63, 3.8) is 0 Å². The Balaban J connectivity index is 2.40. The molecule has 1 aromatic heterocycles. The summed E-state index contributed by atoms with van der Waals surface area (Å²) >= 11 is 0. The van der Waals surface area contributed by atoms with E-state index < -0.39 is 0 Å². The number of aromatic nitrogens is 1. The van der Waals surface area contributed by atoms with Crippen LogP contribution in [0.5, 0.6) is 0 Å². The number of aryl methyl sites for hydroxylation is 1. The molecule has 0 aliphatic carbocycles. The van der Waals surface area contributed by atoms with Crippen LogP contribution in [0.2, 0.25) is 0 Å². The van der Waals surface area contributed by atoms with E-state index in [1.165, 1.54) is 16.8 Å². The lowest BCUT2D eigenvalue weighted by Crippen LogP contribution is -2.14. The second-order valence-electron chi connectivity index (χ2n) is 6.49. The fraction of sp³-hybridized carbons (Fsp3) is 0.389. The van der Waals surface area contributed by atoms with E-state index in [0.29, 0.717) is 5.92 Å². The summed E-state index contributed by atoms with van der Waals surface area (Å²) in [6.45, 7) is 9.02. The molecule has 0 spiro atoms. The van der Waals surface area contributed by atoms with Gasteiger partial charge in [0.05, 0.1) is 0 Å². The molecule has 1 nitrogen and oxygen atoms in total. The maximum atomic E-state index is 4.57. The Morgan fingerprint density at radius 1 is 1.05 bits per heavy atom. The molecule has 0 saturated heterocycles. The molecule has 1 heterocycles. The number of pyridine rings is 1. The van der Waals surface area contributed by atoms with E-state index >= 15 is 0 Å². The second kappa shape index (κ2) is 5.56. The monoisotopic (exact) mass is 253 g/mol. The third-order valence-corrected chi connectivity index (χ3v) is 3.31. The zero-order chi connectivity index (χ0) is 13.9. The highest BCUT2D eigenvalue weighted by Gasteiger charge is 2.22. The Labute approximate surface area is 116 Å². The molecule has 2 aromatic rings. The second-order valence-corrected chi connectivity index (χ2v) is 6.49. The molecule has 1 aromatic carbocycles. The van der Waals surface area contributed by atoms with Crippen molar-refractivity contribution in [1.29, 1.82) is 0 Å². The molecule has 1 heteroatoms. The Kier molecular flexibility index (Phi) is 4.04. The van der Waals surface area contributed by atoms with Crippen LogP contribution >= 0.6 is 0 Å². The van der Waals surface area contributed by atoms with Crippen LogP contribution < -0.4 is 0 Å². The summed E-state index contributed by atoms with van der Waals surface area (Å²) in [5.74, 6) is 0.376. The van der Waals surface area contributed by atoms with E-state index in [1.54, 1.807) is 0 Å². The van der Waals surface area contributed by atoms with Gasteiger partial charge in [-0.25, -0.2) is 0 Å². The van der Waals surface area contributed by atoms with Crippen LogP contribution in [0.4, 0.5) is 0 Å². The van der Waals surface area contributed by atoms with Crippen molar-refractivity contribution in [3.8, 4) is 0 Å². The van der Waals surface area contributed by atoms with Crippen molar-refractivity contribution >= 4 is 0 Å². The first-order chi connectivity index (χ1) is 8.96. The number of benzene rings is 1. The first-order valence-corrected chi connectivity index (χ1v) is 6.93. The molecular formula is C18H23N. The Bertz CT molecular complexity index is 523. The summed E-state index contributed by atoms with van der Waals surface area (Å²) in [6.07, 6.45) is 2.99. The minimum Gasteiger partial charge on any atom is -0.261 e. The quantitative estimate of drug-likeness (QED) is 0.753. The SMILES string of the molecule is Cc1cccc([C@@H](CC(C)(C)C)c2ccccn2)c1. The van der Waals surface area contributed by atoms with Gasteiger partial charge in [0.1, 0.15) is 0 Å². The van der Waals surface area contributed by atoms with Crippen molar-refractivity contribution in [2.24, 2.45) is 5.41 Å². The predicted molar refractivity (Wildman–Crippen MR) is 81.3 cm³/mol. The Morgan fingerprint density at radius 3 is 2.42 bits per heavy atom. The molecule has 0 saturated carbocycles. The Morgan fingerprint density at radius 2 is 1.84 bits per heavy atom. The van der Waals surface area contributed by atoms with Crippen LogP contribution in [0, 0.1) is 12.3 Å². The van der Waals surface area contributed by atoms with Gasteiger partial charge < -0.3 is 0 Å². The zero-order valence-electron chi connectivity index (χ0n) is 12.4. The van der Waals surface area contributed by atoms with Crippen molar-refractivity contribution in [1.82, 2.24) is 4.98 Å². The van der Waals surface area contributed by atoms with Gasteiger partial charge in [0, 0.05) is 17.8 Å². The number of hydrogen-bond acceptors (Lipinski definition) is 1. The molecule has 19 heavy (non-hydrogen) atoms. The molecule has 100 valence electrons. The van der Waals surface area contributed by atoms with Crippen molar-refractivity contribution in [2.75, 3.05) is 0 Å². The molecule has 0 fully saturated rings. The summed E-state index contributed by atoms with van der Waals surface area (Å²) in [5.41, 5.74) is 4.13. The highest BCUT2D eigenvalue weighted by atomic mass is 14.7. The number of nitrogens with zero attached hydrogens (tertiary/aromatic N) is 1. The molecule has 1 atom stereocenters. The third kappa shape index (κ3) is 3.92. The van der Waals surface area contributed by atoms with Gasteiger partial charge in [0.25, 0.3) is 0 Å². The van der Waals surface area contributed by atoms with Crippen LogP contribution in [-0.2, 0) is 0 Å². The molecule has 0 amide bonds. The lowest BCUT2D eigenvalue weighted by Gasteiger charge is -2.26. The van der Waals surface area contributed by atoms with Gasteiger partial charge >= 0.3 is 0 Å². The van der Waals surface area contributed by atoms with Gasteiger partial charge in [-0.05, 0) is 36.5 Å². The fourth-order valence-electron chi connectivity index (χ4n) is 2.47. The molecule has 0 radical (unpaired) electrons. The van der Waals surface area contributed by atoms with Gasteiger partial charge in [0.2, 0.25) is 0 Å². The summed E-state index contributed by atoms with van der Waals surface area (Å²) in [5, 5.41) is 0. The van der Waals surface area contributed by atoms with Crippen LogP contribution in [0.3, 0.4) is 0 Å². The minimum atomic E-state index is 0.284. The average Bonchev–Trinajstić information content (AvgIpc) is 2.36. The van der Waals surface area contributed by atoms with E-state index in [1.807, 2.05) is 12.3 Å². The van der Waals surface area contributed by atoms with Crippen molar-refractivity contribution < 1.29 is 0 Å². The van der Waals surface area contributed by atoms with Gasteiger partial charge in [-0.1, -0.05) is 56.7 Å². The molecular weight excluding hydrogens is 230 g/mol. The van der Waals surface area contributed by atoms with Crippen LogP contribution in [-0.4, -0.2) is 4.98 Å².